The molecule has 1 aromatic carbocycles. The zero-order valence-electron chi connectivity index (χ0n) is 27.6. The maximum atomic E-state index is 15.1. The molecule has 47 heavy (non-hydrogen) atoms. The van der Waals surface area contributed by atoms with Crippen LogP contribution in [0.2, 0.25) is 0 Å². The van der Waals surface area contributed by atoms with E-state index in [0.717, 1.165) is 35.6 Å². The summed E-state index contributed by atoms with van der Waals surface area (Å²) in [7, 11) is 0. The van der Waals surface area contributed by atoms with E-state index >= 15 is 4.39 Å². The quantitative estimate of drug-likeness (QED) is 0.219. The van der Waals surface area contributed by atoms with Crippen LogP contribution < -0.4 is 15.0 Å². The van der Waals surface area contributed by atoms with E-state index in [1.54, 1.807) is 26.8 Å². The Kier molecular flexibility index (Phi) is 8.67. The molecule has 250 valence electrons. The van der Waals surface area contributed by atoms with Gasteiger partial charge in [-0.2, -0.15) is 10.2 Å². The summed E-state index contributed by atoms with van der Waals surface area (Å²) in [4.78, 5) is 39.4. The number of carbonyl (C=O) groups excluding carboxylic acids is 2. The Morgan fingerprint density at radius 2 is 1.77 bits per heavy atom. The fraction of sp³-hybridized carbons (Fsp3) is 0.545. The molecule has 5 heterocycles. The van der Waals surface area contributed by atoms with E-state index in [1.807, 2.05) is 31.9 Å². The van der Waals surface area contributed by atoms with E-state index in [4.69, 9.17) is 24.2 Å². The van der Waals surface area contributed by atoms with Crippen LogP contribution in [0.1, 0.15) is 83.6 Å². The van der Waals surface area contributed by atoms with Gasteiger partial charge in [-0.05, 0) is 79.5 Å². The third kappa shape index (κ3) is 6.65. The lowest BCUT2D eigenvalue weighted by atomic mass is 9.95. The number of hydrogen-bond acceptors (Lipinski definition) is 11. The first-order chi connectivity index (χ1) is 22.2. The zero-order chi connectivity index (χ0) is 33.8. The number of hydrogen-bond donors (Lipinski definition) is 1. The van der Waals surface area contributed by atoms with Gasteiger partial charge in [0.05, 0.1) is 27.9 Å². The van der Waals surface area contributed by atoms with Gasteiger partial charge in [-0.25, -0.2) is 19.0 Å². The number of thioether (sulfide) groups is 1. The molecule has 6 rings (SSSR count). The van der Waals surface area contributed by atoms with E-state index in [2.05, 4.69) is 16.3 Å². The Morgan fingerprint density at radius 1 is 1.09 bits per heavy atom. The number of aromatic nitrogens is 2. The van der Waals surface area contributed by atoms with Crippen molar-refractivity contribution in [1.82, 2.24) is 14.9 Å². The number of nitriles is 1. The van der Waals surface area contributed by atoms with E-state index in [9.17, 15) is 14.9 Å². The van der Waals surface area contributed by atoms with Crippen LogP contribution >= 0.6 is 23.1 Å². The summed E-state index contributed by atoms with van der Waals surface area (Å²) in [5, 5.41) is 14.0. The number of thiophene rings is 1. The molecule has 3 aromatic rings. The van der Waals surface area contributed by atoms with Crippen molar-refractivity contribution in [2.45, 2.75) is 102 Å². The molecule has 2 aromatic heterocycles. The maximum absolute atomic E-state index is 15.1. The van der Waals surface area contributed by atoms with Gasteiger partial charge in [-0.1, -0.05) is 17.8 Å². The number of ether oxygens (including phenoxy) is 3. The molecular weight excluding hydrogens is 644 g/mol. The number of benzene rings is 1. The van der Waals surface area contributed by atoms with E-state index < -0.39 is 29.2 Å². The monoisotopic (exact) mass is 682 g/mol. The van der Waals surface area contributed by atoms with Crippen LogP contribution in [0.25, 0.3) is 10.1 Å². The molecule has 3 aliphatic heterocycles. The minimum atomic E-state index is -0.741. The highest BCUT2D eigenvalue weighted by molar-refractivity contribution is 7.98. The van der Waals surface area contributed by atoms with Crippen LogP contribution in [0.15, 0.2) is 17.3 Å². The lowest BCUT2D eigenvalue weighted by molar-refractivity contribution is 0.0122. The molecule has 0 spiro atoms. The molecule has 1 unspecified atom stereocenters. The summed E-state index contributed by atoms with van der Waals surface area (Å²) in [6.45, 7) is 12.1. The predicted molar refractivity (Wildman–Crippen MR) is 179 cm³/mol. The maximum Gasteiger partial charge on any atom is 0.412 e. The summed E-state index contributed by atoms with van der Waals surface area (Å²) < 4.78 is 33.1. The molecule has 11 nitrogen and oxygen atoms in total. The van der Waals surface area contributed by atoms with Crippen LogP contribution in [0.3, 0.4) is 0 Å². The molecule has 2 saturated heterocycles. The molecule has 0 radical (unpaired) electrons. The molecule has 0 saturated carbocycles. The topological polar surface area (TPSA) is 130 Å². The number of rotatable bonds is 4. The van der Waals surface area contributed by atoms with Crippen LogP contribution in [0.4, 0.5) is 24.8 Å². The Labute approximate surface area is 281 Å². The van der Waals surface area contributed by atoms with Gasteiger partial charge in [0.2, 0.25) is 5.88 Å². The molecule has 3 aliphatic rings. The van der Waals surface area contributed by atoms with Crippen LogP contribution in [0.5, 0.6) is 5.88 Å². The normalized spacial score (nSPS) is 20.8. The summed E-state index contributed by atoms with van der Waals surface area (Å²) in [5.41, 5.74) is 0.387. The highest BCUT2D eigenvalue weighted by Crippen LogP contribution is 2.46. The van der Waals surface area contributed by atoms with Crippen molar-refractivity contribution >= 4 is 56.2 Å². The fourth-order valence-corrected chi connectivity index (χ4v) is 7.96. The molecular formula is C33H39FN6O5S2. The average Bonchev–Trinajstić information content (AvgIpc) is 3.48. The number of piperazine rings is 1. The van der Waals surface area contributed by atoms with Crippen LogP contribution in [-0.4, -0.2) is 69.7 Å². The first-order valence-electron chi connectivity index (χ1n) is 15.7. The Bertz CT molecular complexity index is 1760. The van der Waals surface area contributed by atoms with Crippen molar-refractivity contribution in [3.05, 3.63) is 34.6 Å². The molecule has 1 N–H and O–H groups in total. The average molecular weight is 683 g/mol. The SMILES string of the molecule is CSc1nc2c(c(N3C[C@H]4CC[C@@H](C3)N4C(=O)OC(C)(C)C)n1)CCC(c1ccc(F)c3sc(NC(=O)OC(C)(C)C)c(C#N)c13)O2. The second-order valence-corrected chi connectivity index (χ2v) is 15.8. The molecule has 0 aliphatic carbocycles. The van der Waals surface area contributed by atoms with Gasteiger partial charge < -0.3 is 19.1 Å². The van der Waals surface area contributed by atoms with Crippen molar-refractivity contribution in [2.75, 3.05) is 29.6 Å². The van der Waals surface area contributed by atoms with Gasteiger partial charge in [0, 0.05) is 24.0 Å². The highest BCUT2D eigenvalue weighted by atomic mass is 32.2. The molecule has 14 heteroatoms. The molecule has 3 atom stereocenters. The minimum absolute atomic E-state index is 0.0168. The van der Waals surface area contributed by atoms with Crippen molar-refractivity contribution in [1.29, 1.82) is 5.26 Å². The largest absolute Gasteiger partial charge is 0.469 e. The van der Waals surface area contributed by atoms with E-state index in [1.165, 1.54) is 17.8 Å². The second kappa shape index (κ2) is 12.3. The zero-order valence-corrected chi connectivity index (χ0v) is 29.2. The van der Waals surface area contributed by atoms with Crippen LogP contribution in [0, 0.1) is 17.1 Å². The highest BCUT2D eigenvalue weighted by Gasteiger charge is 2.45. The van der Waals surface area contributed by atoms with Crippen molar-refractivity contribution < 1.29 is 28.2 Å². The fourth-order valence-electron chi connectivity index (χ4n) is 6.53. The standard InChI is InChI=1S/C33H39FN6O5S2/c1-32(2,3)44-30(41)38-28-21(14-35)24-19(10-12-22(34)25(24)47-28)23-13-11-20-26(36-29(46-7)37-27(20)43-23)39-15-17-8-9-18(16-39)40(17)31(42)45-33(4,5)6/h10,12,17-18,23H,8-9,11,13,15-16H2,1-7H3,(H,38,41)/t17-,18+,23?. The first kappa shape index (κ1) is 33.1. The number of carbonyl (C=O) groups is 2. The lowest BCUT2D eigenvalue weighted by Crippen LogP contribution is -2.57. The minimum Gasteiger partial charge on any atom is -0.469 e. The molecule has 2 amide bonds. The van der Waals surface area contributed by atoms with Gasteiger partial charge in [0.15, 0.2) is 5.16 Å². The van der Waals surface area contributed by atoms with Gasteiger partial charge in [-0.3, -0.25) is 10.2 Å². The summed E-state index contributed by atoms with van der Waals surface area (Å²) in [6, 6.07) is 5.21. The Morgan fingerprint density at radius 3 is 2.38 bits per heavy atom. The van der Waals surface area contributed by atoms with Gasteiger partial charge in [-0.15, -0.1) is 11.3 Å². The third-order valence-electron chi connectivity index (χ3n) is 8.30. The summed E-state index contributed by atoms with van der Waals surface area (Å²) in [6.07, 6.45) is 3.33. The van der Waals surface area contributed by atoms with Gasteiger partial charge in [0.25, 0.3) is 0 Å². The summed E-state index contributed by atoms with van der Waals surface area (Å²) >= 11 is 2.41. The van der Waals surface area contributed by atoms with Crippen LogP contribution in [-0.2, 0) is 15.9 Å². The first-order valence-corrected chi connectivity index (χ1v) is 17.7. The molecule has 2 bridgehead atoms. The lowest BCUT2D eigenvalue weighted by Gasteiger charge is -2.42. The Hall–Kier alpha value is -3.83. The number of nitrogens with zero attached hydrogens (tertiary/aromatic N) is 5. The number of fused-ring (bicyclic) bond motifs is 4. The Balaban J connectivity index is 1.30. The third-order valence-corrected chi connectivity index (χ3v) is 9.96. The number of amides is 2. The second-order valence-electron chi connectivity index (χ2n) is 14.0. The number of anilines is 2. The summed E-state index contributed by atoms with van der Waals surface area (Å²) in [5.74, 6) is 0.767. The molecule has 2 fully saturated rings. The number of nitrogens with one attached hydrogen (secondary N) is 1. The number of halogens is 1. The van der Waals surface area contributed by atoms with Gasteiger partial charge in [0.1, 0.15) is 40.0 Å². The van der Waals surface area contributed by atoms with Crippen molar-refractivity contribution in [3.63, 3.8) is 0 Å². The van der Waals surface area contributed by atoms with Gasteiger partial charge >= 0.3 is 12.2 Å². The smallest absolute Gasteiger partial charge is 0.412 e. The van der Waals surface area contributed by atoms with E-state index in [-0.39, 0.29) is 33.4 Å². The van der Waals surface area contributed by atoms with Crippen molar-refractivity contribution in [3.8, 4) is 11.9 Å². The predicted octanol–water partition coefficient (Wildman–Crippen LogP) is 7.43. The van der Waals surface area contributed by atoms with Crippen molar-refractivity contribution in [2.24, 2.45) is 0 Å². The van der Waals surface area contributed by atoms with E-state index in [0.29, 0.717) is 47.9 Å².